The van der Waals surface area contributed by atoms with Crippen molar-refractivity contribution in [3.8, 4) is 0 Å². The molecule has 0 bridgehead atoms. The molecule has 0 unspecified atom stereocenters. The van der Waals surface area contributed by atoms with Gasteiger partial charge in [-0.15, -0.1) is 0 Å². The average Bonchev–Trinajstić information content (AvgIpc) is 2.20. The Morgan fingerprint density at radius 1 is 1.53 bits per heavy atom. The number of hydrogen-bond acceptors (Lipinski definition) is 4. The maximum Gasteiger partial charge on any atom is 0.146 e. The predicted octanol–water partition coefficient (Wildman–Crippen LogP) is 0.873. The van der Waals surface area contributed by atoms with Gasteiger partial charge in [-0.1, -0.05) is 13.3 Å². The first-order chi connectivity index (χ1) is 7.07. The van der Waals surface area contributed by atoms with E-state index in [4.69, 9.17) is 11.5 Å². The highest BCUT2D eigenvalue weighted by atomic mass is 16.1. The topological polar surface area (TPSA) is 81.1 Å². The van der Waals surface area contributed by atoms with Crippen LogP contribution in [0.4, 0.5) is 0 Å². The van der Waals surface area contributed by atoms with Gasteiger partial charge in [0.15, 0.2) is 0 Å². The number of nitrogens with one attached hydrogen (secondary N) is 1. The summed E-state index contributed by atoms with van der Waals surface area (Å²) in [6, 6.07) is -0.326. The highest BCUT2D eigenvalue weighted by molar-refractivity contribution is 5.80. The molecule has 0 saturated heterocycles. The summed E-state index contributed by atoms with van der Waals surface area (Å²) in [4.78, 5) is 10.8. The van der Waals surface area contributed by atoms with Crippen LogP contribution < -0.4 is 16.8 Å². The zero-order valence-electron chi connectivity index (χ0n) is 9.75. The second-order valence-electron chi connectivity index (χ2n) is 3.73. The Hall–Kier alpha value is -1.03. The fourth-order valence-corrected chi connectivity index (χ4v) is 1.13. The Morgan fingerprint density at radius 2 is 2.20 bits per heavy atom. The summed E-state index contributed by atoms with van der Waals surface area (Å²) in [6.07, 6.45) is 5.64. The molecule has 0 fully saturated rings. The lowest BCUT2D eigenvalue weighted by Crippen LogP contribution is -2.30. The summed E-state index contributed by atoms with van der Waals surface area (Å²) in [5.74, 6) is 0.762. The smallest absolute Gasteiger partial charge is 0.146 e. The van der Waals surface area contributed by atoms with E-state index in [9.17, 15) is 4.79 Å². The molecule has 0 aliphatic carbocycles. The van der Waals surface area contributed by atoms with Gasteiger partial charge >= 0.3 is 0 Å². The lowest BCUT2D eigenvalue weighted by Gasteiger charge is -2.09. The van der Waals surface area contributed by atoms with Crippen molar-refractivity contribution >= 4 is 5.78 Å². The van der Waals surface area contributed by atoms with E-state index in [-0.39, 0.29) is 11.8 Å². The molecule has 0 rings (SSSR count). The predicted molar refractivity (Wildman–Crippen MR) is 63.1 cm³/mol. The minimum Gasteiger partial charge on any atom is -0.386 e. The van der Waals surface area contributed by atoms with Crippen LogP contribution in [0.15, 0.2) is 11.9 Å². The first-order valence-corrected chi connectivity index (χ1v) is 5.53. The second kappa shape index (κ2) is 8.29. The Bertz CT molecular complexity index is 214. The second-order valence-corrected chi connectivity index (χ2v) is 3.73. The van der Waals surface area contributed by atoms with Crippen LogP contribution in [0.2, 0.25) is 0 Å². The molecule has 0 amide bonds. The zero-order valence-corrected chi connectivity index (χ0v) is 9.75. The maximum atomic E-state index is 10.8. The molecule has 0 aliphatic heterocycles. The van der Waals surface area contributed by atoms with E-state index >= 15 is 0 Å². The van der Waals surface area contributed by atoms with Gasteiger partial charge in [0.2, 0.25) is 0 Å². The van der Waals surface area contributed by atoms with Crippen LogP contribution in [0.25, 0.3) is 0 Å². The molecule has 0 heterocycles. The maximum absolute atomic E-state index is 10.8. The van der Waals surface area contributed by atoms with Gasteiger partial charge in [0.25, 0.3) is 0 Å². The molecule has 1 atom stereocenters. The molecule has 0 aromatic heterocycles. The minimum atomic E-state index is -0.326. The summed E-state index contributed by atoms with van der Waals surface area (Å²) in [5.41, 5.74) is 11.3. The monoisotopic (exact) mass is 213 g/mol. The normalized spacial score (nSPS) is 13.7. The van der Waals surface area contributed by atoms with Crippen LogP contribution >= 0.6 is 0 Å². The van der Waals surface area contributed by atoms with Crippen LogP contribution in [0, 0.1) is 0 Å². The molecule has 0 spiro atoms. The summed E-state index contributed by atoms with van der Waals surface area (Å²) < 4.78 is 0. The fraction of sp³-hybridized carbons (Fsp3) is 0.727. The van der Waals surface area contributed by atoms with E-state index in [0.29, 0.717) is 12.2 Å². The third kappa shape index (κ3) is 8.00. The van der Waals surface area contributed by atoms with Crippen LogP contribution in [0.1, 0.15) is 39.5 Å². The van der Waals surface area contributed by atoms with Crippen LogP contribution in [-0.2, 0) is 4.79 Å². The first kappa shape index (κ1) is 14.0. The van der Waals surface area contributed by atoms with Gasteiger partial charge in [0, 0.05) is 6.54 Å². The fourth-order valence-electron chi connectivity index (χ4n) is 1.13. The van der Waals surface area contributed by atoms with Gasteiger partial charge in [-0.25, -0.2) is 0 Å². The molecular weight excluding hydrogens is 190 g/mol. The Labute approximate surface area is 92.1 Å². The Kier molecular flexibility index (Phi) is 7.72. The van der Waals surface area contributed by atoms with E-state index in [2.05, 4.69) is 12.2 Å². The van der Waals surface area contributed by atoms with Gasteiger partial charge in [-0.2, -0.15) is 0 Å². The molecule has 15 heavy (non-hydrogen) atoms. The van der Waals surface area contributed by atoms with Crippen molar-refractivity contribution < 1.29 is 4.79 Å². The summed E-state index contributed by atoms with van der Waals surface area (Å²) in [5, 5.41) is 3.08. The SMILES string of the molecule is CCC/C=C(\N)NCCC[C@@H](N)C(C)=O. The van der Waals surface area contributed by atoms with Gasteiger partial charge in [0.1, 0.15) is 5.78 Å². The summed E-state index contributed by atoms with van der Waals surface area (Å²) in [6.45, 7) is 4.40. The summed E-state index contributed by atoms with van der Waals surface area (Å²) >= 11 is 0. The van der Waals surface area contributed by atoms with Crippen LogP contribution in [0.5, 0.6) is 0 Å². The van der Waals surface area contributed by atoms with E-state index in [1.54, 1.807) is 0 Å². The zero-order chi connectivity index (χ0) is 11.7. The number of nitrogens with two attached hydrogens (primary N) is 2. The van der Waals surface area contributed by atoms with Crippen molar-refractivity contribution in [2.75, 3.05) is 6.54 Å². The van der Waals surface area contributed by atoms with Crippen molar-refractivity contribution in [3.05, 3.63) is 11.9 Å². The molecule has 5 N–H and O–H groups in total. The quantitative estimate of drug-likeness (QED) is 0.523. The van der Waals surface area contributed by atoms with E-state index < -0.39 is 0 Å². The van der Waals surface area contributed by atoms with E-state index in [1.165, 1.54) is 6.92 Å². The van der Waals surface area contributed by atoms with Crippen LogP contribution in [0.3, 0.4) is 0 Å². The van der Waals surface area contributed by atoms with Crippen molar-refractivity contribution in [3.63, 3.8) is 0 Å². The van der Waals surface area contributed by atoms with Crippen molar-refractivity contribution in [2.45, 2.75) is 45.6 Å². The number of allylic oxidation sites excluding steroid dienone is 1. The lowest BCUT2D eigenvalue weighted by atomic mass is 10.1. The number of unbranched alkanes of at least 4 members (excludes halogenated alkanes) is 1. The third-order valence-electron chi connectivity index (χ3n) is 2.20. The molecule has 88 valence electrons. The number of carbonyl (C=O) groups excluding carboxylic acids is 1. The standard InChI is InChI=1S/C11H23N3O/c1-3-4-7-11(13)14-8-5-6-10(12)9(2)15/h7,10,14H,3-6,8,12-13H2,1-2H3/b11-7+/t10-/m1/s1. The lowest BCUT2D eigenvalue weighted by molar-refractivity contribution is -0.118. The van der Waals surface area contributed by atoms with Crippen molar-refractivity contribution in [1.29, 1.82) is 0 Å². The largest absolute Gasteiger partial charge is 0.386 e. The van der Waals surface area contributed by atoms with Crippen LogP contribution in [-0.4, -0.2) is 18.4 Å². The minimum absolute atomic E-state index is 0.0458. The number of carbonyl (C=O) groups is 1. The summed E-state index contributed by atoms with van der Waals surface area (Å²) in [7, 11) is 0. The first-order valence-electron chi connectivity index (χ1n) is 5.53. The Morgan fingerprint density at radius 3 is 2.73 bits per heavy atom. The van der Waals surface area contributed by atoms with Gasteiger partial charge in [-0.3, -0.25) is 4.79 Å². The number of Topliss-reactive ketones (excluding diaryl/α,β-unsaturated/α-hetero) is 1. The molecule has 0 aromatic rings. The molecule has 0 aromatic carbocycles. The average molecular weight is 213 g/mol. The highest BCUT2D eigenvalue weighted by Crippen LogP contribution is 1.95. The van der Waals surface area contributed by atoms with Crippen molar-refractivity contribution in [1.82, 2.24) is 5.32 Å². The molecule has 0 aliphatic rings. The number of ketones is 1. The third-order valence-corrected chi connectivity index (χ3v) is 2.20. The number of hydrogen-bond donors (Lipinski definition) is 3. The molecule has 4 heteroatoms. The highest BCUT2D eigenvalue weighted by Gasteiger charge is 2.06. The molecule has 0 saturated carbocycles. The van der Waals surface area contributed by atoms with E-state index in [1.807, 2.05) is 6.08 Å². The molecular formula is C11H23N3O. The number of rotatable bonds is 8. The van der Waals surface area contributed by atoms with Crippen molar-refractivity contribution in [2.24, 2.45) is 11.5 Å². The van der Waals surface area contributed by atoms with Gasteiger partial charge < -0.3 is 16.8 Å². The van der Waals surface area contributed by atoms with E-state index in [0.717, 1.165) is 25.8 Å². The Balaban J connectivity index is 3.50. The molecule has 0 radical (unpaired) electrons. The molecule has 4 nitrogen and oxygen atoms in total. The van der Waals surface area contributed by atoms with Gasteiger partial charge in [-0.05, 0) is 32.3 Å². The van der Waals surface area contributed by atoms with Gasteiger partial charge in [0.05, 0.1) is 11.9 Å².